The molecule has 18 heavy (non-hydrogen) atoms. The average Bonchev–Trinajstić information content (AvgIpc) is 2.28. The van der Waals surface area contributed by atoms with Gasteiger partial charge in [0.15, 0.2) is 0 Å². The molecule has 2 N–H and O–H groups in total. The molecule has 5 nitrogen and oxygen atoms in total. The number of hydrogen-bond acceptors (Lipinski definition) is 4. The molecule has 1 fully saturated rings. The molecule has 0 bridgehead atoms. The summed E-state index contributed by atoms with van der Waals surface area (Å²) < 4.78 is 19.0. The quantitative estimate of drug-likeness (QED) is 0.662. The number of nitrogens with two attached hydrogens (primary N) is 1. The van der Waals surface area contributed by atoms with Gasteiger partial charge in [-0.05, 0) is 6.07 Å². The van der Waals surface area contributed by atoms with E-state index in [1.807, 2.05) is 13.8 Å². The zero-order valence-corrected chi connectivity index (χ0v) is 10.2. The Labute approximate surface area is 104 Å². The van der Waals surface area contributed by atoms with Crippen molar-refractivity contribution in [3.63, 3.8) is 0 Å². The number of benzene rings is 1. The Bertz CT molecular complexity index is 490. The standard InChI is InChI=1S/C12H15FN2O3/c1-12(2)10(14)6-11(12)18-7-3-4-9(15(16)17)8(13)5-7/h3-5,10-11H,6,14H2,1-2H3. The van der Waals surface area contributed by atoms with E-state index >= 15 is 0 Å². The van der Waals surface area contributed by atoms with Crippen LogP contribution in [0.3, 0.4) is 0 Å². The number of nitro benzene ring substituents is 1. The zero-order chi connectivity index (χ0) is 13.5. The highest BCUT2D eigenvalue weighted by atomic mass is 19.1. The molecule has 1 aliphatic carbocycles. The van der Waals surface area contributed by atoms with Gasteiger partial charge in [-0.25, -0.2) is 0 Å². The van der Waals surface area contributed by atoms with Crippen LogP contribution in [0.1, 0.15) is 20.3 Å². The summed E-state index contributed by atoms with van der Waals surface area (Å²) in [5.41, 5.74) is 5.13. The maximum absolute atomic E-state index is 13.4. The summed E-state index contributed by atoms with van der Waals surface area (Å²) in [7, 11) is 0. The predicted molar refractivity (Wildman–Crippen MR) is 63.8 cm³/mol. The van der Waals surface area contributed by atoms with Crippen LogP contribution in [-0.2, 0) is 0 Å². The molecule has 0 aromatic heterocycles. The van der Waals surface area contributed by atoms with Gasteiger partial charge in [0.1, 0.15) is 11.9 Å². The Morgan fingerprint density at radius 2 is 2.22 bits per heavy atom. The van der Waals surface area contributed by atoms with E-state index in [0.29, 0.717) is 12.2 Å². The first kappa shape index (κ1) is 12.8. The molecule has 1 aliphatic rings. The number of halogens is 1. The summed E-state index contributed by atoms with van der Waals surface area (Å²) in [6, 6.07) is 3.61. The van der Waals surface area contributed by atoms with Crippen LogP contribution in [0, 0.1) is 21.3 Å². The molecule has 2 atom stereocenters. The second-order valence-corrected chi connectivity index (χ2v) is 5.14. The molecule has 6 heteroatoms. The fraction of sp³-hybridized carbons (Fsp3) is 0.500. The summed E-state index contributed by atoms with van der Waals surface area (Å²) in [6.45, 7) is 3.96. The monoisotopic (exact) mass is 254 g/mol. The van der Waals surface area contributed by atoms with Crippen LogP contribution < -0.4 is 10.5 Å². The van der Waals surface area contributed by atoms with Crippen LogP contribution in [0.4, 0.5) is 10.1 Å². The first-order valence-electron chi connectivity index (χ1n) is 5.68. The van der Waals surface area contributed by atoms with Gasteiger partial charge in [-0.3, -0.25) is 10.1 Å². The van der Waals surface area contributed by atoms with Gasteiger partial charge in [0.2, 0.25) is 5.82 Å². The summed E-state index contributed by atoms with van der Waals surface area (Å²) in [5.74, 6) is -0.595. The number of nitrogens with zero attached hydrogens (tertiary/aromatic N) is 1. The lowest BCUT2D eigenvalue weighted by atomic mass is 9.65. The molecule has 98 valence electrons. The SMILES string of the molecule is CC1(C)C(N)CC1Oc1ccc([N+](=O)[O-])c(F)c1. The molecule has 1 aromatic rings. The topological polar surface area (TPSA) is 78.4 Å². The minimum atomic E-state index is -0.890. The third kappa shape index (κ3) is 2.03. The van der Waals surface area contributed by atoms with Crippen molar-refractivity contribution in [2.24, 2.45) is 11.1 Å². The molecule has 0 heterocycles. The van der Waals surface area contributed by atoms with Crippen LogP contribution in [0.5, 0.6) is 5.75 Å². The Hall–Kier alpha value is -1.69. The van der Waals surface area contributed by atoms with Gasteiger partial charge in [0.05, 0.1) is 4.92 Å². The molecule has 0 saturated heterocycles. The molecular weight excluding hydrogens is 239 g/mol. The van der Waals surface area contributed by atoms with E-state index in [2.05, 4.69) is 0 Å². The van der Waals surface area contributed by atoms with E-state index in [4.69, 9.17) is 10.5 Å². The van der Waals surface area contributed by atoms with Crippen molar-refractivity contribution in [1.29, 1.82) is 0 Å². The van der Waals surface area contributed by atoms with Crippen molar-refractivity contribution in [3.05, 3.63) is 34.1 Å². The summed E-state index contributed by atoms with van der Waals surface area (Å²) in [4.78, 5) is 9.72. The summed E-state index contributed by atoms with van der Waals surface area (Å²) >= 11 is 0. The van der Waals surface area contributed by atoms with Gasteiger partial charge in [-0.1, -0.05) is 13.8 Å². The fourth-order valence-corrected chi connectivity index (χ4v) is 1.99. The van der Waals surface area contributed by atoms with Crippen molar-refractivity contribution in [2.75, 3.05) is 0 Å². The molecule has 2 unspecified atom stereocenters. The van der Waals surface area contributed by atoms with Gasteiger partial charge < -0.3 is 10.5 Å². The van der Waals surface area contributed by atoms with E-state index in [-0.39, 0.29) is 17.6 Å². The van der Waals surface area contributed by atoms with Crippen LogP contribution >= 0.6 is 0 Å². The van der Waals surface area contributed by atoms with Gasteiger partial charge in [0.25, 0.3) is 0 Å². The molecule has 0 aliphatic heterocycles. The van der Waals surface area contributed by atoms with E-state index in [1.54, 1.807) is 0 Å². The molecule has 1 saturated carbocycles. The lowest BCUT2D eigenvalue weighted by Gasteiger charge is -2.49. The van der Waals surface area contributed by atoms with Crippen molar-refractivity contribution in [1.82, 2.24) is 0 Å². The molecule has 0 radical (unpaired) electrons. The van der Waals surface area contributed by atoms with Gasteiger partial charge in [-0.15, -0.1) is 0 Å². The second kappa shape index (κ2) is 4.20. The molecule has 0 amide bonds. The van der Waals surface area contributed by atoms with Crippen molar-refractivity contribution in [2.45, 2.75) is 32.4 Å². The zero-order valence-electron chi connectivity index (χ0n) is 10.2. The van der Waals surface area contributed by atoms with Crippen LogP contribution in [0.25, 0.3) is 0 Å². The number of ether oxygens (including phenoxy) is 1. The van der Waals surface area contributed by atoms with Crippen LogP contribution in [0.15, 0.2) is 18.2 Å². The highest BCUT2D eigenvalue weighted by molar-refractivity contribution is 5.38. The highest BCUT2D eigenvalue weighted by Gasteiger charge is 2.47. The Morgan fingerprint density at radius 3 is 2.67 bits per heavy atom. The number of rotatable bonds is 3. The Kier molecular flexibility index (Phi) is 2.98. The van der Waals surface area contributed by atoms with Gasteiger partial charge in [-0.2, -0.15) is 4.39 Å². The van der Waals surface area contributed by atoms with E-state index in [1.165, 1.54) is 6.07 Å². The third-order valence-electron chi connectivity index (χ3n) is 3.65. The minimum absolute atomic E-state index is 0.0606. The predicted octanol–water partition coefficient (Wildman–Crippen LogP) is 2.24. The first-order chi connectivity index (χ1) is 8.32. The summed E-state index contributed by atoms with van der Waals surface area (Å²) in [6.07, 6.45) is 0.611. The minimum Gasteiger partial charge on any atom is -0.490 e. The Morgan fingerprint density at radius 1 is 1.56 bits per heavy atom. The smallest absolute Gasteiger partial charge is 0.305 e. The lowest BCUT2D eigenvalue weighted by Crippen LogP contribution is -2.60. The summed E-state index contributed by atoms with van der Waals surface area (Å²) in [5, 5.41) is 10.5. The van der Waals surface area contributed by atoms with E-state index in [9.17, 15) is 14.5 Å². The second-order valence-electron chi connectivity index (χ2n) is 5.14. The normalized spacial score (nSPS) is 25.3. The first-order valence-corrected chi connectivity index (χ1v) is 5.68. The van der Waals surface area contributed by atoms with Gasteiger partial charge in [0, 0.05) is 30.0 Å². The number of nitro groups is 1. The average molecular weight is 254 g/mol. The molecule has 2 rings (SSSR count). The van der Waals surface area contributed by atoms with Crippen molar-refractivity contribution < 1.29 is 14.1 Å². The fourth-order valence-electron chi connectivity index (χ4n) is 1.99. The van der Waals surface area contributed by atoms with Crippen molar-refractivity contribution >= 4 is 5.69 Å². The number of hydrogen-bond donors (Lipinski definition) is 1. The highest BCUT2D eigenvalue weighted by Crippen LogP contribution is 2.42. The lowest BCUT2D eigenvalue weighted by molar-refractivity contribution is -0.387. The third-order valence-corrected chi connectivity index (χ3v) is 3.65. The van der Waals surface area contributed by atoms with Crippen molar-refractivity contribution in [3.8, 4) is 5.75 Å². The maximum Gasteiger partial charge on any atom is 0.305 e. The maximum atomic E-state index is 13.4. The molecular formula is C12H15FN2O3. The van der Waals surface area contributed by atoms with E-state index in [0.717, 1.165) is 12.1 Å². The molecule has 1 aromatic carbocycles. The van der Waals surface area contributed by atoms with Gasteiger partial charge >= 0.3 is 5.69 Å². The molecule has 0 spiro atoms. The van der Waals surface area contributed by atoms with E-state index < -0.39 is 16.4 Å². The van der Waals surface area contributed by atoms with Crippen LogP contribution in [0.2, 0.25) is 0 Å². The largest absolute Gasteiger partial charge is 0.490 e. The Balaban J connectivity index is 2.12. The van der Waals surface area contributed by atoms with Crippen LogP contribution in [-0.4, -0.2) is 17.1 Å².